The van der Waals surface area contributed by atoms with Crippen LogP contribution < -0.4 is 5.32 Å². The predicted molar refractivity (Wildman–Crippen MR) is 99.0 cm³/mol. The van der Waals surface area contributed by atoms with Gasteiger partial charge in [-0.15, -0.1) is 22.7 Å². The topological polar surface area (TPSA) is 49.3 Å². The summed E-state index contributed by atoms with van der Waals surface area (Å²) in [4.78, 5) is 15.0. The van der Waals surface area contributed by atoms with Crippen LogP contribution in [0.4, 0.5) is 0 Å². The van der Waals surface area contributed by atoms with E-state index in [-0.39, 0.29) is 5.91 Å². The zero-order valence-electron chi connectivity index (χ0n) is 13.6. The summed E-state index contributed by atoms with van der Waals surface area (Å²) in [6.45, 7) is 2.85. The molecule has 23 heavy (non-hydrogen) atoms. The van der Waals surface area contributed by atoms with Gasteiger partial charge < -0.3 is 10.4 Å². The summed E-state index contributed by atoms with van der Waals surface area (Å²) in [6, 6.07) is 7.86. The second-order valence-corrected chi connectivity index (χ2v) is 7.70. The van der Waals surface area contributed by atoms with Crippen LogP contribution in [0.1, 0.15) is 56.4 Å². The number of hydrogen-bond acceptors (Lipinski definition) is 4. The largest absolute Gasteiger partial charge is 0.378 e. The smallest absolute Gasteiger partial charge is 0.254 e. The highest BCUT2D eigenvalue weighted by Crippen LogP contribution is 2.34. The molecule has 0 fully saturated rings. The van der Waals surface area contributed by atoms with Gasteiger partial charge in [-0.05, 0) is 30.0 Å². The van der Waals surface area contributed by atoms with Gasteiger partial charge in [0.2, 0.25) is 0 Å². The summed E-state index contributed by atoms with van der Waals surface area (Å²) >= 11 is 3.14. The zero-order chi connectivity index (χ0) is 16.5. The third-order valence-corrected chi connectivity index (χ3v) is 5.94. The van der Waals surface area contributed by atoms with E-state index in [1.54, 1.807) is 11.3 Å². The Kier molecular flexibility index (Phi) is 7.79. The van der Waals surface area contributed by atoms with Crippen molar-refractivity contribution in [3.05, 3.63) is 34.5 Å². The lowest BCUT2D eigenvalue weighted by atomic mass is 10.1. The first-order valence-electron chi connectivity index (χ1n) is 8.31. The first-order chi connectivity index (χ1) is 11.2. The monoisotopic (exact) mass is 351 g/mol. The number of rotatable bonds is 10. The van der Waals surface area contributed by atoms with Crippen molar-refractivity contribution < 1.29 is 9.90 Å². The molecule has 0 aliphatic heterocycles. The summed E-state index contributed by atoms with van der Waals surface area (Å²) in [7, 11) is 0. The van der Waals surface area contributed by atoms with E-state index < -0.39 is 6.10 Å². The Hall–Kier alpha value is -1.17. The molecular weight excluding hydrogens is 326 g/mol. The highest BCUT2D eigenvalue weighted by Gasteiger charge is 2.19. The van der Waals surface area contributed by atoms with Gasteiger partial charge in [0, 0.05) is 21.2 Å². The molecule has 0 aromatic carbocycles. The lowest BCUT2D eigenvalue weighted by Crippen LogP contribution is -2.29. The van der Waals surface area contributed by atoms with E-state index in [4.69, 9.17) is 0 Å². The van der Waals surface area contributed by atoms with Crippen molar-refractivity contribution in [1.29, 1.82) is 0 Å². The highest BCUT2D eigenvalue weighted by molar-refractivity contribution is 7.21. The fourth-order valence-electron chi connectivity index (χ4n) is 2.39. The molecule has 0 radical (unpaired) electrons. The van der Waals surface area contributed by atoms with Crippen molar-refractivity contribution in [2.24, 2.45) is 0 Å². The minimum atomic E-state index is -1.06. The van der Waals surface area contributed by atoms with Crippen LogP contribution in [-0.2, 0) is 4.79 Å². The minimum Gasteiger partial charge on any atom is -0.378 e. The number of nitrogens with one attached hydrogen (secondary N) is 1. The summed E-state index contributed by atoms with van der Waals surface area (Å²) in [5.74, 6) is -0.293. The Balaban J connectivity index is 1.72. The Morgan fingerprint density at radius 2 is 1.91 bits per heavy atom. The van der Waals surface area contributed by atoms with Crippen LogP contribution in [0.2, 0.25) is 0 Å². The number of aliphatic hydroxyl groups is 1. The van der Waals surface area contributed by atoms with Crippen LogP contribution in [0.3, 0.4) is 0 Å². The highest BCUT2D eigenvalue weighted by atomic mass is 32.1. The average molecular weight is 352 g/mol. The van der Waals surface area contributed by atoms with Crippen LogP contribution in [0.5, 0.6) is 0 Å². The molecule has 0 saturated carbocycles. The van der Waals surface area contributed by atoms with Gasteiger partial charge in [-0.2, -0.15) is 0 Å². The number of thiophene rings is 2. The Bertz CT molecular complexity index is 578. The van der Waals surface area contributed by atoms with Gasteiger partial charge in [0.1, 0.15) is 0 Å². The lowest BCUT2D eigenvalue weighted by Gasteiger charge is -2.09. The van der Waals surface area contributed by atoms with Gasteiger partial charge in [-0.1, -0.05) is 45.1 Å². The molecule has 5 heteroatoms. The van der Waals surface area contributed by atoms with Gasteiger partial charge in [0.25, 0.3) is 5.91 Å². The molecule has 2 N–H and O–H groups in total. The van der Waals surface area contributed by atoms with Gasteiger partial charge in [0.05, 0.1) is 0 Å². The molecule has 0 aliphatic rings. The molecule has 0 bridgehead atoms. The van der Waals surface area contributed by atoms with Crippen molar-refractivity contribution in [3.8, 4) is 9.75 Å². The first-order valence-corrected chi connectivity index (χ1v) is 10.0. The van der Waals surface area contributed by atoms with E-state index >= 15 is 0 Å². The first kappa shape index (κ1) is 18.2. The average Bonchev–Trinajstić information content (AvgIpc) is 3.23. The summed E-state index contributed by atoms with van der Waals surface area (Å²) < 4.78 is 0. The van der Waals surface area contributed by atoms with Gasteiger partial charge in [0.15, 0.2) is 6.10 Å². The minimum absolute atomic E-state index is 0.293. The maximum atomic E-state index is 12.0. The SMILES string of the molecule is CCCCCCCCNC(=O)C(O)c1ccc(-c2cccs2)s1. The van der Waals surface area contributed by atoms with Crippen LogP contribution in [0.15, 0.2) is 29.6 Å². The number of carbonyl (C=O) groups is 1. The second kappa shape index (κ2) is 9.85. The lowest BCUT2D eigenvalue weighted by molar-refractivity contribution is -0.129. The quantitative estimate of drug-likeness (QED) is 0.593. The standard InChI is InChI=1S/C18H25NO2S2/c1-2-3-4-5-6-7-12-19-18(21)17(20)16-11-10-15(23-16)14-9-8-13-22-14/h8-11,13,17,20H,2-7,12H2,1H3,(H,19,21). The normalized spacial score (nSPS) is 12.3. The maximum Gasteiger partial charge on any atom is 0.254 e. The molecule has 2 rings (SSSR count). The number of amides is 1. The Labute approximate surface area is 146 Å². The van der Waals surface area contributed by atoms with Crippen LogP contribution in [-0.4, -0.2) is 17.6 Å². The molecule has 2 aromatic rings. The third kappa shape index (κ3) is 5.75. The van der Waals surface area contributed by atoms with Crippen LogP contribution >= 0.6 is 22.7 Å². The van der Waals surface area contributed by atoms with Gasteiger partial charge >= 0.3 is 0 Å². The van der Waals surface area contributed by atoms with Crippen LogP contribution in [0, 0.1) is 0 Å². The van der Waals surface area contributed by atoms with Crippen LogP contribution in [0.25, 0.3) is 9.75 Å². The zero-order valence-corrected chi connectivity index (χ0v) is 15.2. The van der Waals surface area contributed by atoms with Crippen molar-refractivity contribution in [1.82, 2.24) is 5.32 Å². The van der Waals surface area contributed by atoms with Gasteiger partial charge in [-0.25, -0.2) is 0 Å². The van der Waals surface area contributed by atoms with E-state index in [1.165, 1.54) is 41.9 Å². The van der Waals surface area contributed by atoms with Crippen molar-refractivity contribution >= 4 is 28.6 Å². The number of unbranched alkanes of at least 4 members (excludes halogenated alkanes) is 5. The molecule has 1 atom stereocenters. The molecule has 1 amide bonds. The Morgan fingerprint density at radius 3 is 2.65 bits per heavy atom. The van der Waals surface area contributed by atoms with E-state index in [9.17, 15) is 9.90 Å². The maximum absolute atomic E-state index is 12.0. The molecule has 2 aromatic heterocycles. The fraction of sp³-hybridized carbons (Fsp3) is 0.500. The molecule has 0 saturated heterocycles. The van der Waals surface area contributed by atoms with E-state index in [0.717, 1.165) is 17.7 Å². The predicted octanol–water partition coefficient (Wildman–Crippen LogP) is 4.99. The molecule has 3 nitrogen and oxygen atoms in total. The Morgan fingerprint density at radius 1 is 1.13 bits per heavy atom. The molecule has 2 heterocycles. The van der Waals surface area contributed by atoms with Crippen molar-refractivity contribution in [2.45, 2.75) is 51.6 Å². The van der Waals surface area contributed by atoms with Gasteiger partial charge in [-0.3, -0.25) is 4.79 Å². The number of aliphatic hydroxyl groups excluding tert-OH is 1. The van der Waals surface area contributed by atoms with E-state index in [1.807, 2.05) is 29.6 Å². The summed E-state index contributed by atoms with van der Waals surface area (Å²) in [6.07, 6.45) is 6.08. The fourth-order valence-corrected chi connectivity index (χ4v) is 4.22. The molecule has 126 valence electrons. The molecular formula is C18H25NO2S2. The van der Waals surface area contributed by atoms with E-state index in [0.29, 0.717) is 11.4 Å². The van der Waals surface area contributed by atoms with Crippen molar-refractivity contribution in [3.63, 3.8) is 0 Å². The summed E-state index contributed by atoms with van der Waals surface area (Å²) in [5.41, 5.74) is 0. The summed E-state index contributed by atoms with van der Waals surface area (Å²) in [5, 5.41) is 15.0. The molecule has 1 unspecified atom stereocenters. The van der Waals surface area contributed by atoms with E-state index in [2.05, 4.69) is 12.2 Å². The number of hydrogen-bond donors (Lipinski definition) is 2. The third-order valence-electron chi connectivity index (χ3n) is 3.74. The van der Waals surface area contributed by atoms with Crippen molar-refractivity contribution in [2.75, 3.05) is 6.54 Å². The molecule has 0 aliphatic carbocycles. The molecule has 0 spiro atoms. The number of carbonyl (C=O) groups excluding carboxylic acids is 1. The second-order valence-electron chi connectivity index (χ2n) is 5.64.